The molecule has 3 N–H and O–H groups in total. The van der Waals surface area contributed by atoms with Crippen molar-refractivity contribution in [2.45, 2.75) is 18.7 Å². The highest BCUT2D eigenvalue weighted by Crippen LogP contribution is 2.21. The third kappa shape index (κ3) is 4.32. The van der Waals surface area contributed by atoms with E-state index < -0.39 is 10.0 Å². The minimum atomic E-state index is -3.74. The van der Waals surface area contributed by atoms with Crippen LogP contribution in [0.25, 0.3) is 16.5 Å². The molecular weight excluding hydrogens is 424 g/mol. The van der Waals surface area contributed by atoms with Gasteiger partial charge in [-0.1, -0.05) is 30.3 Å². The Balaban J connectivity index is 1.52. The number of benzene rings is 3. The van der Waals surface area contributed by atoms with Gasteiger partial charge in [0.2, 0.25) is 10.0 Å². The van der Waals surface area contributed by atoms with Crippen LogP contribution in [0.4, 0.5) is 0 Å². The van der Waals surface area contributed by atoms with Crippen molar-refractivity contribution < 1.29 is 13.2 Å². The number of aromatic nitrogens is 1. The Morgan fingerprint density at radius 3 is 2.34 bits per heavy atom. The first-order valence-electron chi connectivity index (χ1n) is 9.88. The molecule has 4 aromatic rings. The summed E-state index contributed by atoms with van der Waals surface area (Å²) in [5.41, 5.74) is 6.57. The van der Waals surface area contributed by atoms with Gasteiger partial charge in [0.15, 0.2) is 0 Å². The molecule has 0 spiro atoms. The van der Waals surface area contributed by atoms with Crippen LogP contribution in [0.5, 0.6) is 0 Å². The summed E-state index contributed by atoms with van der Waals surface area (Å²) < 4.78 is 24.9. The maximum absolute atomic E-state index is 12.5. The number of hydrogen-bond acceptors (Lipinski definition) is 4. The highest BCUT2D eigenvalue weighted by atomic mass is 32.2. The predicted molar refractivity (Wildman–Crippen MR) is 126 cm³/mol. The third-order valence-electron chi connectivity index (χ3n) is 5.28. The summed E-state index contributed by atoms with van der Waals surface area (Å²) in [6, 6.07) is 21.6. The molecule has 1 heterocycles. The molecule has 0 aliphatic heterocycles. The molecule has 1 amide bonds. The number of nitrogens with one attached hydrogen (secondary N) is 1. The molecule has 0 saturated carbocycles. The number of amides is 1. The Kier molecular flexibility index (Phi) is 5.65. The largest absolute Gasteiger partial charge is 0.318 e. The van der Waals surface area contributed by atoms with E-state index in [0.717, 1.165) is 33.4 Å². The minimum Gasteiger partial charge on any atom is -0.318 e. The van der Waals surface area contributed by atoms with Crippen LogP contribution in [0.1, 0.15) is 27.3 Å². The molecule has 7 nitrogen and oxygen atoms in total. The average molecular weight is 447 g/mol. The number of hydrogen-bond donors (Lipinski definition) is 2. The Labute approximate surface area is 186 Å². The van der Waals surface area contributed by atoms with Crippen molar-refractivity contribution in [1.29, 1.82) is 0 Å². The van der Waals surface area contributed by atoms with Crippen molar-refractivity contribution in [3.63, 3.8) is 0 Å². The molecule has 3 aromatic carbocycles. The van der Waals surface area contributed by atoms with Crippen molar-refractivity contribution >= 4 is 32.9 Å². The van der Waals surface area contributed by atoms with Gasteiger partial charge in [0, 0.05) is 28.2 Å². The summed E-state index contributed by atoms with van der Waals surface area (Å²) >= 11 is 0. The SMILES string of the molecule is Cc1cc(C=NNC(=O)c2ccc3ccccc3c2)c(C)n1-c1ccc(S(N)(=O)=O)cc1. The summed E-state index contributed by atoms with van der Waals surface area (Å²) in [5.74, 6) is -0.292. The molecule has 0 aliphatic rings. The molecule has 0 bridgehead atoms. The lowest BCUT2D eigenvalue weighted by atomic mass is 10.1. The molecule has 0 atom stereocenters. The standard InChI is InChI=1S/C24H22N4O3S/c1-16-13-21(17(2)28(16)22-9-11-23(12-10-22)32(25,30)31)15-26-27-24(29)20-8-7-18-5-3-4-6-19(18)14-20/h3-15H,1-2H3,(H,27,29)(H2,25,30,31). The second-order valence-electron chi connectivity index (χ2n) is 7.46. The van der Waals surface area contributed by atoms with E-state index in [4.69, 9.17) is 5.14 Å². The lowest BCUT2D eigenvalue weighted by molar-refractivity contribution is 0.0955. The van der Waals surface area contributed by atoms with E-state index in [1.54, 1.807) is 24.4 Å². The number of aryl methyl sites for hydroxylation is 1. The molecule has 0 fully saturated rings. The summed E-state index contributed by atoms with van der Waals surface area (Å²) in [6.07, 6.45) is 1.59. The second kappa shape index (κ2) is 8.41. The van der Waals surface area contributed by atoms with Gasteiger partial charge in [-0.2, -0.15) is 5.10 Å². The number of carbonyl (C=O) groups is 1. The fourth-order valence-corrected chi connectivity index (χ4v) is 4.17. The zero-order chi connectivity index (χ0) is 22.9. The van der Waals surface area contributed by atoms with Gasteiger partial charge >= 0.3 is 0 Å². The number of fused-ring (bicyclic) bond motifs is 1. The van der Waals surface area contributed by atoms with E-state index in [9.17, 15) is 13.2 Å². The first-order valence-corrected chi connectivity index (χ1v) is 11.4. The van der Waals surface area contributed by atoms with Gasteiger partial charge in [-0.15, -0.1) is 0 Å². The highest BCUT2D eigenvalue weighted by molar-refractivity contribution is 7.89. The summed E-state index contributed by atoms with van der Waals surface area (Å²) in [4.78, 5) is 12.5. The smallest absolute Gasteiger partial charge is 0.271 e. The van der Waals surface area contributed by atoms with Crippen LogP contribution in [-0.2, 0) is 10.0 Å². The number of nitrogens with zero attached hydrogens (tertiary/aromatic N) is 2. The number of rotatable bonds is 5. The lowest BCUT2D eigenvalue weighted by Gasteiger charge is -2.10. The van der Waals surface area contributed by atoms with Crippen molar-refractivity contribution in [2.24, 2.45) is 10.2 Å². The van der Waals surface area contributed by atoms with Gasteiger partial charge in [0.25, 0.3) is 5.91 Å². The normalized spacial score (nSPS) is 11.8. The van der Waals surface area contributed by atoms with Crippen LogP contribution >= 0.6 is 0 Å². The van der Waals surface area contributed by atoms with E-state index >= 15 is 0 Å². The van der Waals surface area contributed by atoms with Gasteiger partial charge in [-0.3, -0.25) is 4.79 Å². The molecule has 162 valence electrons. The molecule has 32 heavy (non-hydrogen) atoms. The van der Waals surface area contributed by atoms with Crippen molar-refractivity contribution in [2.75, 3.05) is 0 Å². The first kappa shape index (κ1) is 21.5. The number of primary sulfonamides is 1. The fraction of sp³-hybridized carbons (Fsp3) is 0.0833. The average Bonchev–Trinajstić information content (AvgIpc) is 3.05. The lowest BCUT2D eigenvalue weighted by Crippen LogP contribution is -2.17. The van der Waals surface area contributed by atoms with E-state index in [1.165, 1.54) is 12.1 Å². The van der Waals surface area contributed by atoms with Crippen molar-refractivity contribution in [3.05, 3.63) is 95.3 Å². The van der Waals surface area contributed by atoms with Crippen LogP contribution in [0.3, 0.4) is 0 Å². The number of nitrogens with two attached hydrogens (primary N) is 1. The topological polar surface area (TPSA) is 107 Å². The third-order valence-corrected chi connectivity index (χ3v) is 6.20. The maximum atomic E-state index is 12.5. The minimum absolute atomic E-state index is 0.0573. The van der Waals surface area contributed by atoms with Crippen LogP contribution in [0, 0.1) is 13.8 Å². The zero-order valence-corrected chi connectivity index (χ0v) is 18.4. The Hall–Kier alpha value is -3.75. The van der Waals surface area contributed by atoms with E-state index in [1.807, 2.05) is 60.9 Å². The van der Waals surface area contributed by atoms with Gasteiger partial charge in [0.05, 0.1) is 11.1 Å². The van der Waals surface area contributed by atoms with Crippen molar-refractivity contribution in [1.82, 2.24) is 9.99 Å². The molecular formula is C24H22N4O3S. The van der Waals surface area contributed by atoms with Crippen LogP contribution in [-0.4, -0.2) is 25.1 Å². The van der Waals surface area contributed by atoms with E-state index in [2.05, 4.69) is 10.5 Å². The van der Waals surface area contributed by atoms with E-state index in [0.29, 0.717) is 5.56 Å². The highest BCUT2D eigenvalue weighted by Gasteiger charge is 2.12. The van der Waals surface area contributed by atoms with Gasteiger partial charge in [0.1, 0.15) is 0 Å². The second-order valence-corrected chi connectivity index (χ2v) is 9.02. The van der Waals surface area contributed by atoms with Gasteiger partial charge < -0.3 is 4.57 Å². The maximum Gasteiger partial charge on any atom is 0.271 e. The Bertz CT molecular complexity index is 1450. The molecule has 4 rings (SSSR count). The summed E-state index contributed by atoms with van der Waals surface area (Å²) in [7, 11) is -3.74. The fourth-order valence-electron chi connectivity index (χ4n) is 3.66. The zero-order valence-electron chi connectivity index (χ0n) is 17.6. The first-order chi connectivity index (χ1) is 15.2. The number of carbonyl (C=O) groups excluding carboxylic acids is 1. The Morgan fingerprint density at radius 2 is 1.66 bits per heavy atom. The molecule has 0 radical (unpaired) electrons. The van der Waals surface area contributed by atoms with Crippen LogP contribution in [0.2, 0.25) is 0 Å². The summed E-state index contributed by atoms with van der Waals surface area (Å²) in [5, 5.41) is 11.3. The van der Waals surface area contributed by atoms with Gasteiger partial charge in [-0.25, -0.2) is 19.0 Å². The summed E-state index contributed by atoms with van der Waals surface area (Å²) in [6.45, 7) is 3.86. The molecule has 0 aliphatic carbocycles. The van der Waals surface area contributed by atoms with E-state index in [-0.39, 0.29) is 10.8 Å². The molecule has 8 heteroatoms. The molecule has 1 aromatic heterocycles. The van der Waals surface area contributed by atoms with Crippen molar-refractivity contribution in [3.8, 4) is 5.69 Å². The Morgan fingerprint density at radius 1 is 0.969 bits per heavy atom. The quantitative estimate of drug-likeness (QED) is 0.361. The monoisotopic (exact) mass is 446 g/mol. The molecule has 0 unspecified atom stereocenters. The van der Waals surface area contributed by atoms with Crippen LogP contribution < -0.4 is 10.6 Å². The van der Waals surface area contributed by atoms with Gasteiger partial charge in [-0.05, 0) is 67.1 Å². The number of hydrazone groups is 1. The molecule has 0 saturated heterocycles. The predicted octanol–water partition coefficient (Wildman–Crippen LogP) is 3.66. The van der Waals surface area contributed by atoms with Crippen LogP contribution in [0.15, 0.2) is 82.8 Å². The number of sulfonamides is 1.